The minimum Gasteiger partial charge on any atom is -0.456 e. The zero-order valence-electron chi connectivity index (χ0n) is 11.0. The molecule has 0 aliphatic carbocycles. The molecule has 106 valence electrons. The molecule has 0 radical (unpaired) electrons. The number of esters is 1. The van der Waals surface area contributed by atoms with Gasteiger partial charge in [0, 0.05) is 13.1 Å². The third-order valence-electron chi connectivity index (χ3n) is 2.76. The second-order valence-electron chi connectivity index (χ2n) is 4.33. The molecule has 0 saturated carbocycles. The number of hydrogen-bond acceptors (Lipinski definition) is 4. The number of aromatic nitrogens is 2. The fourth-order valence-corrected chi connectivity index (χ4v) is 1.74. The van der Waals surface area contributed by atoms with E-state index in [1.165, 1.54) is 0 Å². The van der Waals surface area contributed by atoms with Gasteiger partial charge in [-0.1, -0.05) is 0 Å². The molecule has 0 aliphatic heterocycles. The summed E-state index contributed by atoms with van der Waals surface area (Å²) in [5, 5.41) is 4.09. The van der Waals surface area contributed by atoms with Crippen LogP contribution in [0.15, 0.2) is 18.2 Å². The summed E-state index contributed by atoms with van der Waals surface area (Å²) in [6.07, 6.45) is 0. The van der Waals surface area contributed by atoms with E-state index in [9.17, 15) is 13.6 Å². The van der Waals surface area contributed by atoms with Gasteiger partial charge >= 0.3 is 5.97 Å². The summed E-state index contributed by atoms with van der Waals surface area (Å²) in [5.74, 6) is -2.84. The van der Waals surface area contributed by atoms with E-state index in [4.69, 9.17) is 10.5 Å². The second-order valence-corrected chi connectivity index (χ2v) is 4.33. The van der Waals surface area contributed by atoms with Crippen LogP contribution in [-0.2, 0) is 18.4 Å². The van der Waals surface area contributed by atoms with Gasteiger partial charge in [-0.2, -0.15) is 5.10 Å². The maximum Gasteiger partial charge on any atom is 0.341 e. The number of hydrogen-bond donors (Lipinski definition) is 1. The van der Waals surface area contributed by atoms with E-state index in [-0.39, 0.29) is 12.3 Å². The quantitative estimate of drug-likeness (QED) is 0.689. The van der Waals surface area contributed by atoms with Crippen molar-refractivity contribution in [1.29, 1.82) is 0 Å². The van der Waals surface area contributed by atoms with Gasteiger partial charge in [-0.25, -0.2) is 13.6 Å². The average molecular weight is 281 g/mol. The van der Waals surface area contributed by atoms with E-state index >= 15 is 0 Å². The number of nitrogens with two attached hydrogens (primary N) is 1. The van der Waals surface area contributed by atoms with Crippen LogP contribution < -0.4 is 5.73 Å². The molecule has 0 amide bonds. The molecule has 2 rings (SSSR count). The Morgan fingerprint density at radius 3 is 2.65 bits per heavy atom. The summed E-state index contributed by atoms with van der Waals surface area (Å²) in [6, 6.07) is 3.21. The van der Waals surface area contributed by atoms with Crippen LogP contribution in [0.5, 0.6) is 0 Å². The van der Waals surface area contributed by atoms with Crippen molar-refractivity contribution in [3.8, 4) is 0 Å². The largest absolute Gasteiger partial charge is 0.456 e. The molecule has 1 aromatic carbocycles. The zero-order valence-corrected chi connectivity index (χ0v) is 11.0. The Hall–Kier alpha value is -2.44. The highest BCUT2D eigenvalue weighted by Gasteiger charge is 2.17. The van der Waals surface area contributed by atoms with Gasteiger partial charge in [0.25, 0.3) is 0 Å². The molecule has 0 unspecified atom stereocenters. The third kappa shape index (κ3) is 2.76. The summed E-state index contributed by atoms with van der Waals surface area (Å²) in [4.78, 5) is 11.8. The van der Waals surface area contributed by atoms with Crippen molar-refractivity contribution in [2.24, 2.45) is 7.05 Å². The summed E-state index contributed by atoms with van der Waals surface area (Å²) in [6.45, 7) is 1.73. The fourth-order valence-electron chi connectivity index (χ4n) is 1.74. The van der Waals surface area contributed by atoms with Crippen LogP contribution in [0, 0.1) is 18.6 Å². The summed E-state index contributed by atoms with van der Waals surface area (Å²) < 4.78 is 33.0. The number of aryl methyl sites for hydroxylation is 2. The lowest BCUT2D eigenvalue weighted by molar-refractivity contribution is 0.0458. The number of nitrogen functional groups attached to an aromatic ring is 1. The molecule has 0 spiro atoms. The Kier molecular flexibility index (Phi) is 3.69. The highest BCUT2D eigenvalue weighted by Crippen LogP contribution is 2.18. The Balaban J connectivity index is 2.13. The van der Waals surface area contributed by atoms with Crippen LogP contribution in [0.1, 0.15) is 21.7 Å². The molecule has 5 nitrogen and oxygen atoms in total. The highest BCUT2D eigenvalue weighted by atomic mass is 19.1. The van der Waals surface area contributed by atoms with E-state index in [0.717, 1.165) is 11.8 Å². The number of halogens is 2. The van der Waals surface area contributed by atoms with Crippen LogP contribution >= 0.6 is 0 Å². The van der Waals surface area contributed by atoms with E-state index < -0.39 is 23.2 Å². The maximum atomic E-state index is 13.5. The number of anilines is 1. The molecule has 0 bridgehead atoms. The van der Waals surface area contributed by atoms with E-state index in [0.29, 0.717) is 11.8 Å². The van der Waals surface area contributed by atoms with E-state index in [1.807, 2.05) is 0 Å². The molecule has 0 atom stereocenters. The van der Waals surface area contributed by atoms with Crippen molar-refractivity contribution in [3.05, 3.63) is 46.8 Å². The molecule has 0 saturated heterocycles. The van der Waals surface area contributed by atoms with Crippen LogP contribution in [0.4, 0.5) is 14.5 Å². The Morgan fingerprint density at radius 2 is 2.05 bits per heavy atom. The predicted molar refractivity (Wildman–Crippen MR) is 67.8 cm³/mol. The van der Waals surface area contributed by atoms with E-state index in [1.54, 1.807) is 24.7 Å². The third-order valence-corrected chi connectivity index (χ3v) is 2.76. The highest BCUT2D eigenvalue weighted by molar-refractivity contribution is 5.90. The molecule has 1 heterocycles. The minimum absolute atomic E-state index is 0.0626. The van der Waals surface area contributed by atoms with Crippen LogP contribution in [0.3, 0.4) is 0 Å². The summed E-state index contributed by atoms with van der Waals surface area (Å²) in [7, 11) is 1.70. The molecular weight excluding hydrogens is 268 g/mol. The standard InChI is InChI=1S/C13H13F2N3O2/c1-7-3-8(18(2)17-7)6-20-13(19)9-4-12(16)11(15)5-10(9)14/h3-5H,6,16H2,1-2H3. The Bertz CT molecular complexity index is 668. The van der Waals surface area contributed by atoms with Gasteiger partial charge in [0.05, 0.1) is 22.6 Å². The van der Waals surface area contributed by atoms with Gasteiger partial charge in [0.15, 0.2) is 0 Å². The monoisotopic (exact) mass is 281 g/mol. The van der Waals surface area contributed by atoms with Gasteiger partial charge in [0.1, 0.15) is 18.2 Å². The second kappa shape index (κ2) is 5.28. The molecule has 0 fully saturated rings. The van der Waals surface area contributed by atoms with Gasteiger partial charge < -0.3 is 10.5 Å². The van der Waals surface area contributed by atoms with Crippen molar-refractivity contribution in [3.63, 3.8) is 0 Å². The number of carbonyl (C=O) groups excluding carboxylic acids is 1. The number of rotatable bonds is 3. The first-order chi connectivity index (χ1) is 9.38. The molecule has 1 aromatic heterocycles. The smallest absolute Gasteiger partial charge is 0.341 e. The van der Waals surface area contributed by atoms with Crippen LogP contribution in [0.2, 0.25) is 0 Å². The van der Waals surface area contributed by atoms with Gasteiger partial charge in [0.2, 0.25) is 0 Å². The Labute approximate surface area is 114 Å². The maximum absolute atomic E-state index is 13.5. The first kappa shape index (κ1) is 14.0. The zero-order chi connectivity index (χ0) is 14.9. The van der Waals surface area contributed by atoms with Gasteiger partial charge in [-0.3, -0.25) is 4.68 Å². The lowest BCUT2D eigenvalue weighted by Gasteiger charge is -2.07. The van der Waals surface area contributed by atoms with E-state index in [2.05, 4.69) is 5.10 Å². The van der Waals surface area contributed by atoms with Crippen molar-refractivity contribution < 1.29 is 18.3 Å². The summed E-state index contributed by atoms with van der Waals surface area (Å²) in [5.41, 5.74) is 6.02. The number of ether oxygens (including phenoxy) is 1. The van der Waals surface area contributed by atoms with Crippen molar-refractivity contribution in [2.45, 2.75) is 13.5 Å². The molecule has 2 N–H and O–H groups in total. The topological polar surface area (TPSA) is 70.1 Å². The summed E-state index contributed by atoms with van der Waals surface area (Å²) >= 11 is 0. The van der Waals surface area contributed by atoms with Crippen LogP contribution in [0.25, 0.3) is 0 Å². The molecule has 2 aromatic rings. The molecule has 20 heavy (non-hydrogen) atoms. The molecule has 0 aliphatic rings. The first-order valence-corrected chi connectivity index (χ1v) is 5.79. The van der Waals surface area contributed by atoms with Crippen molar-refractivity contribution in [1.82, 2.24) is 9.78 Å². The minimum atomic E-state index is -1.01. The predicted octanol–water partition coefficient (Wildman–Crippen LogP) is 1.95. The van der Waals surface area contributed by atoms with Gasteiger partial charge in [-0.05, 0) is 19.1 Å². The first-order valence-electron chi connectivity index (χ1n) is 5.79. The SMILES string of the molecule is Cc1cc(COC(=O)c2cc(N)c(F)cc2F)n(C)n1. The normalized spacial score (nSPS) is 10.6. The Morgan fingerprint density at radius 1 is 1.35 bits per heavy atom. The van der Waals surface area contributed by atoms with Crippen molar-refractivity contribution in [2.75, 3.05) is 5.73 Å². The number of nitrogens with zero attached hydrogens (tertiary/aromatic N) is 2. The lowest BCUT2D eigenvalue weighted by Crippen LogP contribution is -2.11. The number of benzene rings is 1. The molecular formula is C13H13F2N3O2. The van der Waals surface area contributed by atoms with Crippen molar-refractivity contribution >= 4 is 11.7 Å². The van der Waals surface area contributed by atoms with Gasteiger partial charge in [-0.15, -0.1) is 0 Å². The number of carbonyl (C=O) groups is 1. The average Bonchev–Trinajstić information content (AvgIpc) is 2.69. The molecule has 7 heteroatoms. The fraction of sp³-hybridized carbons (Fsp3) is 0.231. The van der Waals surface area contributed by atoms with Crippen LogP contribution in [-0.4, -0.2) is 15.7 Å². The lowest BCUT2D eigenvalue weighted by atomic mass is 10.2.